The van der Waals surface area contributed by atoms with Crippen LogP contribution in [0.2, 0.25) is 0 Å². The number of carbonyl (C=O) groups is 1. The molecule has 18 heavy (non-hydrogen) atoms. The van der Waals surface area contributed by atoms with Gasteiger partial charge in [-0.25, -0.2) is 4.79 Å². The first-order chi connectivity index (χ1) is 8.75. The molecule has 0 atom stereocenters. The topological polar surface area (TPSA) is 45.2 Å². The molecule has 0 radical (unpaired) electrons. The highest BCUT2D eigenvalue weighted by Crippen LogP contribution is 2.17. The Kier molecular flexibility index (Phi) is 4.56. The monoisotopic (exact) mass is 247 g/mol. The lowest BCUT2D eigenvalue weighted by molar-refractivity contribution is 0.205. The molecule has 1 heterocycles. The molecule has 0 aromatic carbocycles. The first-order valence-corrected chi connectivity index (χ1v) is 6.67. The Morgan fingerprint density at radius 3 is 2.89 bits per heavy atom. The predicted octanol–water partition coefficient (Wildman–Crippen LogP) is 2.21. The molecule has 4 heteroatoms. The van der Waals surface area contributed by atoms with Crippen LogP contribution in [0.15, 0.2) is 24.4 Å². The summed E-state index contributed by atoms with van der Waals surface area (Å²) in [6.45, 7) is 0.704. The third-order valence-electron chi connectivity index (χ3n) is 3.46. The summed E-state index contributed by atoms with van der Waals surface area (Å²) in [6.07, 6.45) is 7.31. The van der Waals surface area contributed by atoms with Crippen molar-refractivity contribution in [2.75, 3.05) is 13.6 Å². The van der Waals surface area contributed by atoms with Gasteiger partial charge in [-0.15, -0.1) is 0 Å². The quantitative estimate of drug-likeness (QED) is 0.886. The number of urea groups is 1. The second kappa shape index (κ2) is 6.38. The van der Waals surface area contributed by atoms with Gasteiger partial charge in [0.25, 0.3) is 0 Å². The van der Waals surface area contributed by atoms with Crippen molar-refractivity contribution in [1.82, 2.24) is 15.2 Å². The van der Waals surface area contributed by atoms with Gasteiger partial charge in [-0.05, 0) is 25.0 Å². The molecule has 0 bridgehead atoms. The molecule has 4 nitrogen and oxygen atoms in total. The van der Waals surface area contributed by atoms with E-state index in [0.717, 1.165) is 25.0 Å². The smallest absolute Gasteiger partial charge is 0.317 e. The van der Waals surface area contributed by atoms with Crippen LogP contribution in [0, 0.1) is 0 Å². The summed E-state index contributed by atoms with van der Waals surface area (Å²) in [4.78, 5) is 17.9. The second-order valence-corrected chi connectivity index (χ2v) is 4.92. The van der Waals surface area contributed by atoms with Gasteiger partial charge in [0.2, 0.25) is 0 Å². The molecule has 0 spiro atoms. The third-order valence-corrected chi connectivity index (χ3v) is 3.46. The van der Waals surface area contributed by atoms with Gasteiger partial charge in [0.1, 0.15) is 0 Å². The summed E-state index contributed by atoms with van der Waals surface area (Å²) < 4.78 is 0. The summed E-state index contributed by atoms with van der Waals surface area (Å²) in [5.74, 6) is 0. The first kappa shape index (κ1) is 12.9. The number of nitrogens with zero attached hydrogens (tertiary/aromatic N) is 2. The molecule has 1 aromatic heterocycles. The van der Waals surface area contributed by atoms with Crippen LogP contribution in [0.1, 0.15) is 31.4 Å². The zero-order chi connectivity index (χ0) is 12.8. The van der Waals surface area contributed by atoms with E-state index < -0.39 is 0 Å². The van der Waals surface area contributed by atoms with E-state index in [1.165, 1.54) is 12.8 Å². The molecular weight excluding hydrogens is 226 g/mol. The molecular formula is C14H21N3O. The van der Waals surface area contributed by atoms with Crippen LogP contribution in [0.4, 0.5) is 4.79 Å². The minimum absolute atomic E-state index is 0.0397. The van der Waals surface area contributed by atoms with E-state index in [1.54, 1.807) is 11.1 Å². The molecule has 0 saturated heterocycles. The molecule has 1 aliphatic rings. The Balaban J connectivity index is 1.73. The Hall–Kier alpha value is -1.58. The SMILES string of the molecule is CN(CCc1ccccn1)C(=O)NC1CCCC1. The zero-order valence-electron chi connectivity index (χ0n) is 10.9. The molecule has 1 saturated carbocycles. The molecule has 2 rings (SSSR count). The van der Waals surface area contributed by atoms with Gasteiger partial charge in [0.05, 0.1) is 0 Å². The lowest BCUT2D eigenvalue weighted by Gasteiger charge is -2.20. The number of likely N-dealkylation sites (N-methyl/N-ethyl adjacent to an activating group) is 1. The first-order valence-electron chi connectivity index (χ1n) is 6.67. The lowest BCUT2D eigenvalue weighted by atomic mass is 10.2. The van der Waals surface area contributed by atoms with Crippen molar-refractivity contribution in [2.24, 2.45) is 0 Å². The molecule has 1 aromatic rings. The zero-order valence-corrected chi connectivity index (χ0v) is 10.9. The maximum absolute atomic E-state index is 11.9. The number of hydrogen-bond acceptors (Lipinski definition) is 2. The highest BCUT2D eigenvalue weighted by molar-refractivity contribution is 5.74. The third kappa shape index (κ3) is 3.72. The average Bonchev–Trinajstić information content (AvgIpc) is 2.90. The number of hydrogen-bond donors (Lipinski definition) is 1. The number of pyridine rings is 1. The van der Waals surface area contributed by atoms with Gasteiger partial charge in [-0.2, -0.15) is 0 Å². The highest BCUT2D eigenvalue weighted by atomic mass is 16.2. The summed E-state index contributed by atoms with van der Waals surface area (Å²) in [5.41, 5.74) is 1.03. The molecule has 98 valence electrons. The molecule has 1 aliphatic carbocycles. The van der Waals surface area contributed by atoms with Crippen LogP contribution >= 0.6 is 0 Å². The Morgan fingerprint density at radius 1 is 1.44 bits per heavy atom. The molecule has 0 unspecified atom stereocenters. The number of aromatic nitrogens is 1. The maximum atomic E-state index is 11.9. The predicted molar refractivity (Wildman–Crippen MR) is 71.4 cm³/mol. The van der Waals surface area contributed by atoms with E-state index in [9.17, 15) is 4.79 Å². The van der Waals surface area contributed by atoms with E-state index in [2.05, 4.69) is 10.3 Å². The maximum Gasteiger partial charge on any atom is 0.317 e. The molecule has 2 amide bonds. The van der Waals surface area contributed by atoms with Gasteiger partial charge in [0.15, 0.2) is 0 Å². The standard InChI is InChI=1S/C14H21N3O/c1-17(11-9-12-6-4-5-10-15-12)14(18)16-13-7-2-3-8-13/h4-6,10,13H,2-3,7-9,11H2,1H3,(H,16,18). The summed E-state index contributed by atoms with van der Waals surface area (Å²) in [6, 6.07) is 6.29. The van der Waals surface area contributed by atoms with Crippen LogP contribution < -0.4 is 5.32 Å². The van der Waals surface area contributed by atoms with E-state index >= 15 is 0 Å². The van der Waals surface area contributed by atoms with Crippen molar-refractivity contribution < 1.29 is 4.79 Å². The molecule has 0 aliphatic heterocycles. The average molecular weight is 247 g/mol. The fourth-order valence-corrected chi connectivity index (χ4v) is 2.28. The van der Waals surface area contributed by atoms with Crippen molar-refractivity contribution in [2.45, 2.75) is 38.1 Å². The van der Waals surface area contributed by atoms with Crippen molar-refractivity contribution in [1.29, 1.82) is 0 Å². The van der Waals surface area contributed by atoms with Gasteiger partial charge in [-0.1, -0.05) is 18.9 Å². The van der Waals surface area contributed by atoms with Crippen molar-refractivity contribution >= 4 is 6.03 Å². The van der Waals surface area contributed by atoms with Crippen LogP contribution in [-0.4, -0.2) is 35.5 Å². The van der Waals surface area contributed by atoms with Crippen molar-refractivity contribution in [3.8, 4) is 0 Å². The van der Waals surface area contributed by atoms with Gasteiger partial charge in [-0.3, -0.25) is 4.98 Å². The number of rotatable bonds is 4. The fourth-order valence-electron chi connectivity index (χ4n) is 2.28. The van der Waals surface area contributed by atoms with E-state index in [0.29, 0.717) is 12.6 Å². The minimum Gasteiger partial charge on any atom is -0.335 e. The molecule has 1 N–H and O–H groups in total. The lowest BCUT2D eigenvalue weighted by Crippen LogP contribution is -2.42. The van der Waals surface area contributed by atoms with Crippen LogP contribution in [-0.2, 0) is 6.42 Å². The van der Waals surface area contributed by atoms with Crippen molar-refractivity contribution in [3.63, 3.8) is 0 Å². The van der Waals surface area contributed by atoms with E-state index in [1.807, 2.05) is 25.2 Å². The Labute approximate surface area is 108 Å². The molecule has 1 fully saturated rings. The van der Waals surface area contributed by atoms with Crippen LogP contribution in [0.3, 0.4) is 0 Å². The highest BCUT2D eigenvalue weighted by Gasteiger charge is 2.18. The fraction of sp³-hybridized carbons (Fsp3) is 0.571. The largest absolute Gasteiger partial charge is 0.335 e. The second-order valence-electron chi connectivity index (χ2n) is 4.92. The van der Waals surface area contributed by atoms with E-state index in [-0.39, 0.29) is 6.03 Å². The van der Waals surface area contributed by atoms with E-state index in [4.69, 9.17) is 0 Å². The number of amides is 2. The van der Waals surface area contributed by atoms with Crippen LogP contribution in [0.25, 0.3) is 0 Å². The van der Waals surface area contributed by atoms with Crippen LogP contribution in [0.5, 0.6) is 0 Å². The number of nitrogens with one attached hydrogen (secondary N) is 1. The van der Waals surface area contributed by atoms with Gasteiger partial charge >= 0.3 is 6.03 Å². The summed E-state index contributed by atoms with van der Waals surface area (Å²) >= 11 is 0. The van der Waals surface area contributed by atoms with Gasteiger partial charge < -0.3 is 10.2 Å². The minimum atomic E-state index is 0.0397. The Morgan fingerprint density at radius 2 is 2.22 bits per heavy atom. The van der Waals surface area contributed by atoms with Gasteiger partial charge in [0, 0.05) is 37.9 Å². The number of carbonyl (C=O) groups excluding carboxylic acids is 1. The summed E-state index contributed by atoms with van der Waals surface area (Å²) in [5, 5.41) is 3.08. The summed E-state index contributed by atoms with van der Waals surface area (Å²) in [7, 11) is 1.84. The van der Waals surface area contributed by atoms with Crippen molar-refractivity contribution in [3.05, 3.63) is 30.1 Å². The Bertz CT molecular complexity index is 374. The normalized spacial score (nSPS) is 15.6.